The summed E-state index contributed by atoms with van der Waals surface area (Å²) in [4.78, 5) is 13.1. The maximum atomic E-state index is 13.1. The summed E-state index contributed by atoms with van der Waals surface area (Å²) in [6, 6.07) is -1.02. The first-order valence-corrected chi connectivity index (χ1v) is 13.8. The Morgan fingerprint density at radius 2 is 1.84 bits per heavy atom. The molecule has 9 heteroatoms. The number of ether oxygens (including phenoxy) is 1. The second-order valence-electron chi connectivity index (χ2n) is 9.81. The van der Waals surface area contributed by atoms with Crippen molar-refractivity contribution in [2.75, 3.05) is 12.8 Å². The molecule has 8 unspecified atom stereocenters. The van der Waals surface area contributed by atoms with Gasteiger partial charge in [-0.25, -0.2) is 0 Å². The molecule has 2 aliphatic rings. The minimum atomic E-state index is -1.37. The van der Waals surface area contributed by atoms with Crippen molar-refractivity contribution < 1.29 is 24.9 Å². The van der Waals surface area contributed by atoms with E-state index in [1.165, 1.54) is 37.4 Å². The molecule has 2 fully saturated rings. The van der Waals surface area contributed by atoms with Crippen molar-refractivity contribution in [3.8, 4) is 0 Å². The summed E-state index contributed by atoms with van der Waals surface area (Å²) in [5.74, 6) is 1.22. The van der Waals surface area contributed by atoms with Crippen LogP contribution in [-0.4, -0.2) is 81.3 Å². The summed E-state index contributed by atoms with van der Waals surface area (Å²) in [6.45, 7) is 7.04. The topological polar surface area (TPSA) is 111 Å². The number of alkyl halides is 1. The molecule has 0 aliphatic carbocycles. The normalized spacial score (nSPS) is 35.8. The molecule has 32 heavy (non-hydrogen) atoms. The fraction of sp³-hybridized carbons (Fsp3) is 0.957. The van der Waals surface area contributed by atoms with Crippen molar-refractivity contribution >= 4 is 29.3 Å². The van der Waals surface area contributed by atoms with Crippen LogP contribution in [-0.2, 0) is 9.53 Å². The fourth-order valence-corrected chi connectivity index (χ4v) is 5.58. The van der Waals surface area contributed by atoms with Gasteiger partial charge in [-0.2, -0.15) is 0 Å². The SMILES string of the molecule is CSC1OC(C(NC(=O)C2CC[C@H](CCCCC(C)C)CCN2)C(C)Cl)C(O)C(O)C1O. The Morgan fingerprint density at radius 1 is 1.12 bits per heavy atom. The van der Waals surface area contributed by atoms with Gasteiger partial charge in [0.15, 0.2) is 0 Å². The number of carbonyl (C=O) groups excluding carboxylic acids is 1. The molecule has 0 saturated carbocycles. The predicted molar refractivity (Wildman–Crippen MR) is 130 cm³/mol. The highest BCUT2D eigenvalue weighted by Gasteiger charge is 2.48. The van der Waals surface area contributed by atoms with E-state index in [1.807, 2.05) is 0 Å². The minimum absolute atomic E-state index is 0.167. The Hall–Kier alpha value is -0.0900. The van der Waals surface area contributed by atoms with E-state index in [0.717, 1.165) is 31.7 Å². The predicted octanol–water partition coefficient (Wildman–Crippen LogP) is 2.24. The van der Waals surface area contributed by atoms with Gasteiger partial charge in [0, 0.05) is 0 Å². The minimum Gasteiger partial charge on any atom is -0.388 e. The van der Waals surface area contributed by atoms with Gasteiger partial charge in [-0.3, -0.25) is 4.79 Å². The van der Waals surface area contributed by atoms with Crippen LogP contribution in [0.4, 0.5) is 0 Å². The van der Waals surface area contributed by atoms with Gasteiger partial charge in [-0.15, -0.1) is 23.4 Å². The van der Waals surface area contributed by atoms with Crippen molar-refractivity contribution in [2.45, 2.75) is 113 Å². The highest BCUT2D eigenvalue weighted by atomic mass is 35.5. The highest BCUT2D eigenvalue weighted by Crippen LogP contribution is 2.30. The van der Waals surface area contributed by atoms with Gasteiger partial charge in [0.05, 0.1) is 17.5 Å². The molecule has 0 radical (unpaired) electrons. The Labute approximate surface area is 202 Å². The third kappa shape index (κ3) is 8.00. The second-order valence-corrected chi connectivity index (χ2v) is 11.4. The Balaban J connectivity index is 1.92. The van der Waals surface area contributed by atoms with Crippen LogP contribution < -0.4 is 10.6 Å². The number of halogens is 1. The van der Waals surface area contributed by atoms with Crippen molar-refractivity contribution in [3.05, 3.63) is 0 Å². The maximum absolute atomic E-state index is 13.1. The van der Waals surface area contributed by atoms with Crippen LogP contribution in [0.1, 0.15) is 65.7 Å². The Morgan fingerprint density at radius 3 is 2.47 bits per heavy atom. The first-order valence-electron chi connectivity index (χ1n) is 12.1. The molecule has 2 rings (SSSR count). The number of nitrogens with one attached hydrogen (secondary N) is 2. The van der Waals surface area contributed by atoms with Crippen LogP contribution in [0.3, 0.4) is 0 Å². The van der Waals surface area contributed by atoms with Crippen molar-refractivity contribution in [2.24, 2.45) is 11.8 Å². The maximum Gasteiger partial charge on any atom is 0.237 e. The van der Waals surface area contributed by atoms with E-state index in [9.17, 15) is 20.1 Å². The van der Waals surface area contributed by atoms with Crippen molar-refractivity contribution in [1.82, 2.24) is 10.6 Å². The first kappa shape index (κ1) is 28.1. The summed E-state index contributed by atoms with van der Waals surface area (Å²) in [7, 11) is 0. The highest BCUT2D eigenvalue weighted by molar-refractivity contribution is 7.99. The van der Waals surface area contributed by atoms with Gasteiger partial charge in [0.1, 0.15) is 29.9 Å². The van der Waals surface area contributed by atoms with Gasteiger partial charge < -0.3 is 30.7 Å². The summed E-state index contributed by atoms with van der Waals surface area (Å²) in [5.41, 5.74) is -0.708. The van der Waals surface area contributed by atoms with Gasteiger partial charge in [-0.05, 0) is 50.8 Å². The zero-order valence-corrected chi connectivity index (χ0v) is 21.4. The summed E-state index contributed by atoms with van der Waals surface area (Å²) >= 11 is 7.61. The number of rotatable bonds is 10. The lowest BCUT2D eigenvalue weighted by molar-refractivity contribution is -0.205. The number of thioether (sulfide) groups is 1. The summed E-state index contributed by atoms with van der Waals surface area (Å²) in [5, 5.41) is 36.6. The van der Waals surface area contributed by atoms with Crippen molar-refractivity contribution in [1.29, 1.82) is 0 Å². The monoisotopic (exact) mass is 494 g/mol. The largest absolute Gasteiger partial charge is 0.388 e. The van der Waals surface area contributed by atoms with E-state index in [4.69, 9.17) is 16.3 Å². The Bertz CT molecular complexity index is 569. The molecular formula is C23H43ClN2O5S. The smallest absolute Gasteiger partial charge is 0.237 e. The molecule has 2 aliphatic heterocycles. The zero-order chi connectivity index (χ0) is 23.8. The quantitative estimate of drug-likeness (QED) is 0.234. The lowest BCUT2D eigenvalue weighted by atomic mass is 9.91. The molecule has 2 heterocycles. The molecule has 0 spiro atoms. The van der Waals surface area contributed by atoms with Crippen LogP contribution in [0.15, 0.2) is 0 Å². The molecule has 9 atom stereocenters. The van der Waals surface area contributed by atoms with Gasteiger partial charge in [0.25, 0.3) is 0 Å². The molecule has 0 aromatic heterocycles. The number of aliphatic hydroxyl groups excluding tert-OH is 3. The molecular weight excluding hydrogens is 452 g/mol. The lowest BCUT2D eigenvalue weighted by Gasteiger charge is -2.44. The molecule has 5 N–H and O–H groups in total. The van der Waals surface area contributed by atoms with E-state index in [-0.39, 0.29) is 11.9 Å². The zero-order valence-electron chi connectivity index (χ0n) is 19.9. The molecule has 7 nitrogen and oxygen atoms in total. The van der Waals surface area contributed by atoms with Crippen LogP contribution in [0.25, 0.3) is 0 Å². The van der Waals surface area contributed by atoms with Crippen LogP contribution in [0.2, 0.25) is 0 Å². The third-order valence-corrected chi connectivity index (χ3v) is 7.89. The summed E-state index contributed by atoms with van der Waals surface area (Å²) in [6.07, 6.45) is 4.74. The lowest BCUT2D eigenvalue weighted by Crippen LogP contribution is -2.65. The third-order valence-electron chi connectivity index (χ3n) is 6.76. The molecule has 188 valence electrons. The Kier molecular flexibility index (Phi) is 12.1. The van der Waals surface area contributed by atoms with Gasteiger partial charge in [-0.1, -0.05) is 39.5 Å². The molecule has 1 amide bonds. The summed E-state index contributed by atoms with van der Waals surface area (Å²) < 4.78 is 5.84. The number of hydrogen-bond donors (Lipinski definition) is 5. The van der Waals surface area contributed by atoms with Crippen LogP contribution >= 0.6 is 23.4 Å². The molecule has 0 aromatic carbocycles. The fourth-order valence-electron chi connectivity index (χ4n) is 4.70. The molecule has 0 aromatic rings. The standard InChI is InChI=1S/C23H43ClN2O5S/c1-13(2)7-5-6-8-15-9-10-16(25-12-11-15)22(30)26-17(14(3)24)21-19(28)18(27)20(29)23(31-21)32-4/h13-21,23,25,27-29H,5-12H2,1-4H3,(H,26,30)/t14?,15-,16?,17?,18?,19?,20?,21?,23?/m0/s1. The number of amides is 1. The number of unbranched alkanes of at least 4 members (excludes halogenated alkanes) is 1. The van der Waals surface area contributed by atoms with E-state index in [1.54, 1.807) is 13.2 Å². The van der Waals surface area contributed by atoms with E-state index >= 15 is 0 Å². The van der Waals surface area contributed by atoms with E-state index in [2.05, 4.69) is 24.5 Å². The number of aliphatic hydroxyl groups is 3. The number of hydrogen-bond acceptors (Lipinski definition) is 7. The number of carbonyl (C=O) groups is 1. The average molecular weight is 495 g/mol. The molecule has 2 saturated heterocycles. The van der Waals surface area contributed by atoms with E-state index < -0.39 is 41.3 Å². The van der Waals surface area contributed by atoms with Crippen molar-refractivity contribution in [3.63, 3.8) is 0 Å². The molecule has 0 bridgehead atoms. The van der Waals surface area contributed by atoms with Gasteiger partial charge in [0.2, 0.25) is 5.91 Å². The van der Waals surface area contributed by atoms with Crippen LogP contribution in [0.5, 0.6) is 0 Å². The average Bonchev–Trinajstić information content (AvgIpc) is 2.99. The van der Waals surface area contributed by atoms with Crippen LogP contribution in [0, 0.1) is 11.8 Å². The van der Waals surface area contributed by atoms with E-state index in [0.29, 0.717) is 5.92 Å². The van der Waals surface area contributed by atoms with Gasteiger partial charge >= 0.3 is 0 Å². The second kappa shape index (κ2) is 13.7. The first-order chi connectivity index (χ1) is 15.1.